The van der Waals surface area contributed by atoms with Crippen molar-refractivity contribution in [2.45, 2.75) is 33.5 Å². The van der Waals surface area contributed by atoms with E-state index in [1.54, 1.807) is 42.2 Å². The highest BCUT2D eigenvalue weighted by atomic mass is 32.1. The molecular formula is C36H32N4O6S. The number of thiazole rings is 1. The largest absolute Gasteiger partial charge is 0.492 e. The molecule has 0 atom stereocenters. The molecule has 3 aromatic heterocycles. The number of benzene rings is 3. The molecule has 0 unspecified atom stereocenters. The summed E-state index contributed by atoms with van der Waals surface area (Å²) in [6, 6.07) is 21.9. The lowest BCUT2D eigenvalue weighted by Gasteiger charge is -2.14. The van der Waals surface area contributed by atoms with Crippen LogP contribution in [0.2, 0.25) is 0 Å². The molecule has 6 rings (SSSR count). The number of oxazole rings is 1. The van der Waals surface area contributed by atoms with Crippen LogP contribution in [0.4, 0.5) is 0 Å². The molecule has 0 saturated carbocycles. The highest BCUT2D eigenvalue weighted by molar-refractivity contribution is 7.09. The van der Waals surface area contributed by atoms with Gasteiger partial charge in [0.25, 0.3) is 0 Å². The number of ether oxygens (including phenoxy) is 3. The number of rotatable bonds is 13. The van der Waals surface area contributed by atoms with Crippen LogP contribution in [0.25, 0.3) is 29.3 Å². The Kier molecular flexibility index (Phi) is 9.44. The summed E-state index contributed by atoms with van der Waals surface area (Å²) in [5, 5.41) is 17.2. The summed E-state index contributed by atoms with van der Waals surface area (Å²) >= 11 is 1.64. The number of carboxylic acids is 1. The second kappa shape index (κ2) is 14.2. The number of nitrogens with zero attached hydrogens (tertiary/aromatic N) is 4. The van der Waals surface area contributed by atoms with Gasteiger partial charge in [0.05, 0.1) is 34.6 Å². The fraction of sp³-hybridized carbons (Fsp3) is 0.167. The van der Waals surface area contributed by atoms with Crippen LogP contribution in [-0.4, -0.2) is 37.9 Å². The minimum Gasteiger partial charge on any atom is -0.492 e. The van der Waals surface area contributed by atoms with Gasteiger partial charge < -0.3 is 23.7 Å². The van der Waals surface area contributed by atoms with Crippen molar-refractivity contribution in [3.05, 3.63) is 123 Å². The number of aryl methyl sites for hydroxylation is 2. The van der Waals surface area contributed by atoms with Gasteiger partial charge in [-0.2, -0.15) is 0 Å². The van der Waals surface area contributed by atoms with Crippen molar-refractivity contribution in [2.24, 2.45) is 0 Å². The minimum atomic E-state index is -1.02. The Bertz CT molecular complexity index is 2030. The molecule has 10 nitrogen and oxygen atoms in total. The first-order chi connectivity index (χ1) is 22.9. The summed E-state index contributed by atoms with van der Waals surface area (Å²) < 4.78 is 25.8. The molecule has 0 aliphatic rings. The first-order valence-corrected chi connectivity index (χ1v) is 15.8. The van der Waals surface area contributed by atoms with E-state index in [0.717, 1.165) is 33.9 Å². The molecule has 3 aromatic carbocycles. The topological polar surface area (TPSA) is 122 Å². The second-order valence-corrected chi connectivity index (χ2v) is 11.4. The van der Waals surface area contributed by atoms with Crippen LogP contribution in [0, 0.1) is 6.92 Å². The maximum Gasteiger partial charge on any atom is 0.335 e. The predicted octanol–water partition coefficient (Wildman–Crippen LogP) is 7.89. The van der Waals surface area contributed by atoms with Gasteiger partial charge in [0.15, 0.2) is 11.5 Å². The number of hydrogen-bond donors (Lipinski definition) is 1. The SMILES string of the molecule is CCc1nc(C=Cc2cn(-c3ccccc3)nc2OCc2cccc(OCc3nc(-c4cccc(C(=O)O)c4)oc3C)c2OC)cs1. The third-order valence-corrected chi connectivity index (χ3v) is 8.29. The van der Waals surface area contributed by atoms with Crippen LogP contribution < -0.4 is 14.2 Å². The number of methoxy groups -OCH3 is 1. The summed E-state index contributed by atoms with van der Waals surface area (Å²) in [4.78, 5) is 20.6. The number of aromatic carboxylic acids is 1. The van der Waals surface area contributed by atoms with E-state index in [2.05, 4.69) is 16.9 Å². The van der Waals surface area contributed by atoms with E-state index in [9.17, 15) is 9.90 Å². The molecule has 0 saturated heterocycles. The Morgan fingerprint density at radius 1 is 1.00 bits per heavy atom. The number of carbonyl (C=O) groups is 1. The van der Waals surface area contributed by atoms with Crippen molar-refractivity contribution in [3.63, 3.8) is 0 Å². The van der Waals surface area contributed by atoms with E-state index >= 15 is 0 Å². The van der Waals surface area contributed by atoms with Crippen molar-refractivity contribution in [1.82, 2.24) is 19.7 Å². The summed E-state index contributed by atoms with van der Waals surface area (Å²) in [6.07, 6.45) is 6.74. The zero-order chi connectivity index (χ0) is 32.8. The number of hydrogen-bond acceptors (Lipinski definition) is 9. The third kappa shape index (κ3) is 7.26. The Morgan fingerprint density at radius 2 is 1.83 bits per heavy atom. The van der Waals surface area contributed by atoms with Crippen molar-refractivity contribution in [3.8, 4) is 34.5 Å². The first-order valence-electron chi connectivity index (χ1n) is 14.9. The predicted molar refractivity (Wildman–Crippen MR) is 179 cm³/mol. The van der Waals surface area contributed by atoms with Gasteiger partial charge in [0, 0.05) is 22.7 Å². The molecule has 6 aromatic rings. The van der Waals surface area contributed by atoms with Gasteiger partial charge in [-0.3, -0.25) is 0 Å². The molecule has 0 radical (unpaired) electrons. The van der Waals surface area contributed by atoms with Crippen LogP contribution in [-0.2, 0) is 19.6 Å². The zero-order valence-electron chi connectivity index (χ0n) is 26.0. The fourth-order valence-electron chi connectivity index (χ4n) is 4.83. The lowest BCUT2D eigenvalue weighted by Crippen LogP contribution is -2.04. The van der Waals surface area contributed by atoms with E-state index in [1.807, 2.05) is 72.3 Å². The Balaban J connectivity index is 1.20. The van der Waals surface area contributed by atoms with Crippen LogP contribution in [0.15, 0.2) is 88.8 Å². The van der Waals surface area contributed by atoms with Gasteiger partial charge in [-0.15, -0.1) is 16.4 Å². The van der Waals surface area contributed by atoms with Crippen LogP contribution in [0.1, 0.15) is 50.6 Å². The average Bonchev–Trinajstić information content (AvgIpc) is 3.84. The summed E-state index contributed by atoms with van der Waals surface area (Å²) in [5.74, 6) is 1.36. The van der Waals surface area contributed by atoms with Gasteiger partial charge in [0.1, 0.15) is 24.7 Å². The molecule has 11 heteroatoms. The molecule has 0 fully saturated rings. The fourth-order valence-corrected chi connectivity index (χ4v) is 5.55. The maximum atomic E-state index is 11.4. The molecule has 47 heavy (non-hydrogen) atoms. The second-order valence-electron chi connectivity index (χ2n) is 10.5. The third-order valence-electron chi connectivity index (χ3n) is 7.28. The molecule has 0 aliphatic heterocycles. The molecule has 238 valence electrons. The first kappa shape index (κ1) is 31.3. The summed E-state index contributed by atoms with van der Waals surface area (Å²) in [6.45, 7) is 4.17. The number of carboxylic acid groups (broad SMARTS) is 1. The molecule has 1 N–H and O–H groups in total. The van der Waals surface area contributed by atoms with Gasteiger partial charge in [-0.25, -0.2) is 19.4 Å². The monoisotopic (exact) mass is 648 g/mol. The van der Waals surface area contributed by atoms with Crippen LogP contribution >= 0.6 is 11.3 Å². The normalized spacial score (nSPS) is 11.2. The van der Waals surface area contributed by atoms with Gasteiger partial charge in [-0.05, 0) is 61.9 Å². The lowest BCUT2D eigenvalue weighted by atomic mass is 10.1. The number of para-hydroxylation sites is 2. The Morgan fingerprint density at radius 3 is 2.60 bits per heavy atom. The Hall–Kier alpha value is -5.68. The highest BCUT2D eigenvalue weighted by Crippen LogP contribution is 2.34. The number of aromatic nitrogens is 4. The van der Waals surface area contributed by atoms with E-state index in [-0.39, 0.29) is 18.8 Å². The minimum absolute atomic E-state index is 0.113. The van der Waals surface area contributed by atoms with Crippen molar-refractivity contribution >= 4 is 29.5 Å². The standard InChI is InChI=1S/C36H32N4O6S/c1-4-32-37-28(22-47-32)17-16-26-19-40(29-13-6-5-7-14-29)39-35(26)45-20-27-12-9-15-31(33(27)43-3)44-21-30-23(2)46-34(38-30)24-10-8-11-25(18-24)36(41)42/h5-19,22H,4,20-21H2,1-3H3,(H,41,42). The molecule has 0 amide bonds. The van der Waals surface area contributed by atoms with E-state index < -0.39 is 5.97 Å². The molecule has 3 heterocycles. The molecule has 0 spiro atoms. The molecule has 0 bridgehead atoms. The quantitative estimate of drug-likeness (QED) is 0.133. The van der Waals surface area contributed by atoms with Crippen molar-refractivity contribution in [2.75, 3.05) is 7.11 Å². The van der Waals surface area contributed by atoms with Crippen LogP contribution in [0.5, 0.6) is 17.4 Å². The van der Waals surface area contributed by atoms with E-state index in [0.29, 0.717) is 40.3 Å². The summed E-state index contributed by atoms with van der Waals surface area (Å²) in [7, 11) is 1.58. The molecule has 0 aliphatic carbocycles. The van der Waals surface area contributed by atoms with Gasteiger partial charge in [-0.1, -0.05) is 43.3 Å². The maximum absolute atomic E-state index is 11.4. The highest BCUT2D eigenvalue weighted by Gasteiger charge is 2.17. The lowest BCUT2D eigenvalue weighted by molar-refractivity contribution is 0.0697. The van der Waals surface area contributed by atoms with E-state index in [4.69, 9.17) is 23.7 Å². The zero-order valence-corrected chi connectivity index (χ0v) is 26.9. The van der Waals surface area contributed by atoms with Crippen molar-refractivity contribution < 1.29 is 28.5 Å². The average molecular weight is 649 g/mol. The van der Waals surface area contributed by atoms with Gasteiger partial charge in [0.2, 0.25) is 11.8 Å². The van der Waals surface area contributed by atoms with E-state index in [1.165, 1.54) is 12.1 Å². The van der Waals surface area contributed by atoms with Gasteiger partial charge >= 0.3 is 5.97 Å². The molecular weight excluding hydrogens is 616 g/mol. The summed E-state index contributed by atoms with van der Waals surface area (Å²) in [5.41, 5.74) is 4.67. The van der Waals surface area contributed by atoms with Crippen molar-refractivity contribution in [1.29, 1.82) is 0 Å². The smallest absolute Gasteiger partial charge is 0.335 e. The van der Waals surface area contributed by atoms with Crippen LogP contribution in [0.3, 0.4) is 0 Å². The Labute approximate surface area is 275 Å².